The van der Waals surface area contributed by atoms with Crippen LogP contribution in [0.3, 0.4) is 0 Å². The van der Waals surface area contributed by atoms with Crippen LogP contribution >= 0.6 is 24.0 Å². The molecule has 0 saturated carbocycles. The van der Waals surface area contributed by atoms with Gasteiger partial charge in [-0.2, -0.15) is 0 Å². The van der Waals surface area contributed by atoms with Crippen LogP contribution in [0.4, 0.5) is 0 Å². The summed E-state index contributed by atoms with van der Waals surface area (Å²) in [5.41, 5.74) is 0. The topological polar surface area (TPSA) is 73.6 Å². The van der Waals surface area contributed by atoms with Crippen LogP contribution in [-0.2, 0) is 16.0 Å². The van der Waals surface area contributed by atoms with Crippen molar-refractivity contribution in [1.29, 1.82) is 0 Å². The zero-order valence-corrected chi connectivity index (χ0v) is 22.2. The van der Waals surface area contributed by atoms with E-state index in [-0.39, 0.29) is 42.0 Å². The lowest BCUT2D eigenvalue weighted by Gasteiger charge is -2.39. The van der Waals surface area contributed by atoms with Gasteiger partial charge in [-0.3, -0.25) is 14.7 Å². The van der Waals surface area contributed by atoms with E-state index >= 15 is 0 Å². The molecule has 186 valence electrons. The van der Waals surface area contributed by atoms with Gasteiger partial charge >= 0.3 is 0 Å². The summed E-state index contributed by atoms with van der Waals surface area (Å²) >= 11 is 0. The normalized spacial score (nSPS) is 23.3. The third-order valence-corrected chi connectivity index (χ3v) is 6.89. The maximum Gasteiger partial charge on any atom is 0.239 e. The van der Waals surface area contributed by atoms with Crippen molar-refractivity contribution < 1.29 is 13.9 Å². The van der Waals surface area contributed by atoms with Crippen molar-refractivity contribution in [3.05, 3.63) is 24.2 Å². The van der Waals surface area contributed by atoms with Gasteiger partial charge in [-0.05, 0) is 51.2 Å². The Balaban J connectivity index is 0.00000306. The van der Waals surface area contributed by atoms with Crippen LogP contribution < -0.4 is 5.32 Å². The number of piperazine rings is 1. The lowest BCUT2D eigenvalue weighted by atomic mass is 10.1. The Kier molecular flexibility index (Phi) is 10.8. The van der Waals surface area contributed by atoms with Crippen LogP contribution in [0.2, 0.25) is 0 Å². The van der Waals surface area contributed by atoms with Crippen LogP contribution in [-0.4, -0.2) is 97.7 Å². The molecule has 1 N–H and O–H groups in total. The summed E-state index contributed by atoms with van der Waals surface area (Å²) in [6.45, 7) is 9.72. The first kappa shape index (κ1) is 26.3. The van der Waals surface area contributed by atoms with Gasteiger partial charge in [0.2, 0.25) is 5.91 Å². The monoisotopic (exact) mass is 573 g/mol. The van der Waals surface area contributed by atoms with E-state index in [9.17, 15) is 4.79 Å². The highest BCUT2D eigenvalue weighted by Crippen LogP contribution is 2.15. The number of carbonyl (C=O) groups excluding carboxylic acids is 1. The Bertz CT molecular complexity index is 724. The van der Waals surface area contributed by atoms with Gasteiger partial charge in [0.25, 0.3) is 0 Å². The number of hydrogen-bond donors (Lipinski definition) is 1. The van der Waals surface area contributed by atoms with E-state index in [1.165, 1.54) is 6.42 Å². The first-order valence-corrected chi connectivity index (χ1v) is 12.4. The van der Waals surface area contributed by atoms with Crippen molar-refractivity contribution in [2.24, 2.45) is 4.99 Å². The lowest BCUT2D eigenvalue weighted by Crippen LogP contribution is -2.57. The molecular weight excluding hydrogens is 533 g/mol. The van der Waals surface area contributed by atoms with Crippen LogP contribution in [0.5, 0.6) is 0 Å². The summed E-state index contributed by atoms with van der Waals surface area (Å²) in [5, 5.41) is 3.55. The third kappa shape index (κ3) is 7.58. The van der Waals surface area contributed by atoms with Crippen molar-refractivity contribution >= 4 is 35.8 Å². The molecule has 3 aliphatic rings. The molecule has 0 radical (unpaired) electrons. The minimum Gasteiger partial charge on any atom is -0.469 e. The molecular formula is C24H40IN5O3. The minimum atomic E-state index is -0.0433. The number of aliphatic imine (C=N–C) groups is 1. The van der Waals surface area contributed by atoms with E-state index in [0.717, 1.165) is 96.2 Å². The predicted molar refractivity (Wildman–Crippen MR) is 140 cm³/mol. The van der Waals surface area contributed by atoms with E-state index in [0.29, 0.717) is 6.54 Å². The molecule has 3 fully saturated rings. The molecule has 4 heterocycles. The smallest absolute Gasteiger partial charge is 0.239 e. The number of rotatable bonds is 7. The van der Waals surface area contributed by atoms with Gasteiger partial charge in [-0.1, -0.05) is 0 Å². The highest BCUT2D eigenvalue weighted by Gasteiger charge is 2.30. The zero-order valence-electron chi connectivity index (χ0n) is 19.9. The second kappa shape index (κ2) is 13.5. The molecule has 33 heavy (non-hydrogen) atoms. The Morgan fingerprint density at radius 3 is 2.58 bits per heavy atom. The first-order chi connectivity index (χ1) is 15.7. The molecule has 1 aromatic rings. The number of hydrogen-bond acceptors (Lipinski definition) is 5. The van der Waals surface area contributed by atoms with E-state index in [4.69, 9.17) is 14.1 Å². The largest absolute Gasteiger partial charge is 0.469 e. The van der Waals surface area contributed by atoms with Crippen LogP contribution in [0.25, 0.3) is 0 Å². The standard InChI is InChI=1S/C24H39N5O3.HI/c1-20(23(30)28-11-3-4-12-28)27-13-15-29(16-14-27)24(25-10-9-21-8-6-18-31-21)26-19-22-7-2-5-17-32-22;/h6,8,18,20,22H,2-5,7,9-17,19H2,1H3,(H,25,26);1H. The summed E-state index contributed by atoms with van der Waals surface area (Å²) in [6, 6.07) is 3.89. The van der Waals surface area contributed by atoms with Crippen molar-refractivity contribution in [3.63, 3.8) is 0 Å². The Labute approximate surface area is 215 Å². The quantitative estimate of drug-likeness (QED) is 0.307. The molecule has 9 heteroatoms. The number of nitrogens with one attached hydrogen (secondary N) is 1. The highest BCUT2D eigenvalue weighted by molar-refractivity contribution is 14.0. The number of halogens is 1. The van der Waals surface area contributed by atoms with Gasteiger partial charge in [0.15, 0.2) is 5.96 Å². The highest BCUT2D eigenvalue weighted by atomic mass is 127. The van der Waals surface area contributed by atoms with Crippen LogP contribution in [0.1, 0.15) is 44.8 Å². The molecule has 2 unspecified atom stereocenters. The molecule has 1 amide bonds. The molecule has 8 nitrogen and oxygen atoms in total. The fourth-order valence-electron chi connectivity index (χ4n) is 4.84. The summed E-state index contributed by atoms with van der Waals surface area (Å²) in [6.07, 6.45) is 8.52. The van der Waals surface area contributed by atoms with Crippen molar-refractivity contribution in [2.45, 2.75) is 57.6 Å². The summed E-state index contributed by atoms with van der Waals surface area (Å²) in [7, 11) is 0. The second-order valence-electron chi connectivity index (χ2n) is 9.14. The molecule has 0 aromatic carbocycles. The maximum absolute atomic E-state index is 12.8. The van der Waals surface area contributed by atoms with Crippen molar-refractivity contribution in [1.82, 2.24) is 20.0 Å². The van der Waals surface area contributed by atoms with E-state index in [1.807, 2.05) is 17.0 Å². The van der Waals surface area contributed by atoms with E-state index < -0.39 is 0 Å². The van der Waals surface area contributed by atoms with Gasteiger partial charge < -0.3 is 24.3 Å². The van der Waals surface area contributed by atoms with Crippen molar-refractivity contribution in [3.8, 4) is 0 Å². The number of amides is 1. The van der Waals surface area contributed by atoms with Crippen LogP contribution in [0, 0.1) is 0 Å². The zero-order chi connectivity index (χ0) is 22.2. The number of likely N-dealkylation sites (tertiary alicyclic amines) is 1. The van der Waals surface area contributed by atoms with Gasteiger partial charge in [0, 0.05) is 58.8 Å². The fourth-order valence-corrected chi connectivity index (χ4v) is 4.84. The Morgan fingerprint density at radius 2 is 1.91 bits per heavy atom. The number of guanidine groups is 1. The Morgan fingerprint density at radius 1 is 1.12 bits per heavy atom. The van der Waals surface area contributed by atoms with Gasteiger partial charge in [-0.15, -0.1) is 24.0 Å². The summed E-state index contributed by atoms with van der Waals surface area (Å²) in [4.78, 5) is 24.4. The van der Waals surface area contributed by atoms with E-state index in [1.54, 1.807) is 6.26 Å². The second-order valence-corrected chi connectivity index (χ2v) is 9.14. The SMILES string of the molecule is CC(C(=O)N1CCCC1)N1CCN(C(=NCC2CCCCO2)NCCc2ccco2)CC1.I. The number of furan rings is 1. The number of carbonyl (C=O) groups is 1. The molecule has 0 aliphatic carbocycles. The summed E-state index contributed by atoms with van der Waals surface area (Å²) in [5.74, 6) is 2.21. The lowest BCUT2D eigenvalue weighted by molar-refractivity contribution is -0.135. The van der Waals surface area contributed by atoms with Gasteiger partial charge in [-0.25, -0.2) is 0 Å². The maximum atomic E-state index is 12.8. The number of nitrogens with zero attached hydrogens (tertiary/aromatic N) is 4. The average molecular weight is 574 g/mol. The molecule has 0 spiro atoms. The Hall–Kier alpha value is -1.33. The third-order valence-electron chi connectivity index (χ3n) is 6.89. The fraction of sp³-hybridized carbons (Fsp3) is 0.750. The minimum absolute atomic E-state index is 0. The molecule has 2 atom stereocenters. The molecule has 3 aliphatic heterocycles. The first-order valence-electron chi connectivity index (χ1n) is 12.4. The molecule has 1 aromatic heterocycles. The van der Waals surface area contributed by atoms with Crippen molar-refractivity contribution in [2.75, 3.05) is 59.0 Å². The van der Waals surface area contributed by atoms with Gasteiger partial charge in [0.1, 0.15) is 5.76 Å². The predicted octanol–water partition coefficient (Wildman–Crippen LogP) is 2.58. The molecule has 0 bridgehead atoms. The summed E-state index contributed by atoms with van der Waals surface area (Å²) < 4.78 is 11.3. The number of ether oxygens (including phenoxy) is 1. The van der Waals surface area contributed by atoms with Gasteiger partial charge in [0.05, 0.1) is 25.0 Å². The molecule has 3 saturated heterocycles. The van der Waals surface area contributed by atoms with E-state index in [2.05, 4.69) is 22.0 Å². The average Bonchev–Trinajstić information content (AvgIpc) is 3.56. The molecule has 4 rings (SSSR count). The van der Waals surface area contributed by atoms with Crippen LogP contribution in [0.15, 0.2) is 27.8 Å².